The fourth-order valence-electron chi connectivity index (χ4n) is 0.250. The smallest absolute Gasteiger partial charge is 1.00 e. The zero-order valence-corrected chi connectivity index (χ0v) is 6.41. The van der Waals surface area contributed by atoms with Crippen molar-refractivity contribution in [3.8, 4) is 12.3 Å². The molecular weight excluding hydrogens is 120 g/mol. The first-order chi connectivity index (χ1) is 2.43. The van der Waals surface area contributed by atoms with E-state index in [1.54, 1.807) is 0 Å². The first-order valence-corrected chi connectivity index (χ1v) is 1.89. The molecule has 2 heteroatoms. The van der Waals surface area contributed by atoms with E-state index in [-0.39, 0.29) is 38.3 Å². The molecule has 0 heterocycles. The van der Waals surface area contributed by atoms with E-state index in [2.05, 4.69) is 5.92 Å². The van der Waals surface area contributed by atoms with E-state index in [4.69, 9.17) is 6.42 Å². The quantitative estimate of drug-likeness (QED) is 0.341. The topological polar surface area (TPSA) is 0 Å². The van der Waals surface area contributed by atoms with E-state index in [9.17, 15) is 0 Å². The van der Waals surface area contributed by atoms with E-state index in [0.717, 1.165) is 0 Å². The molecule has 7 heavy (non-hydrogen) atoms. The molecule has 0 radical (unpaired) electrons. The van der Waals surface area contributed by atoms with Gasteiger partial charge in [-0.05, 0) is 12.8 Å². The monoisotopic (exact) mass is 128 g/mol. The summed E-state index contributed by atoms with van der Waals surface area (Å²) >= 11 is 0. The maximum absolute atomic E-state index is 4.98. The summed E-state index contributed by atoms with van der Waals surface area (Å²) in [5.41, 5.74) is 0. The van der Waals surface area contributed by atoms with Crippen LogP contribution < -0.4 is 0 Å². The molecule has 0 atom stereocenters. The largest absolute Gasteiger partial charge is 2.00 e. The zero-order valence-electron chi connectivity index (χ0n) is 6.18. The predicted molar refractivity (Wildman–Crippen MR) is 36.8 cm³/mol. The Kier molecular flexibility index (Phi) is 7.20. The molecule has 0 aromatic carbocycles. The van der Waals surface area contributed by atoms with Crippen LogP contribution in [0.15, 0.2) is 0 Å². The second-order valence-electron chi connectivity index (χ2n) is 1.44. The van der Waals surface area contributed by atoms with Gasteiger partial charge in [-0.2, -0.15) is 0 Å². The molecule has 1 saturated carbocycles. The minimum Gasteiger partial charge on any atom is -1.00 e. The Balaban J connectivity index is -0.0000000312. The van der Waals surface area contributed by atoms with Crippen LogP contribution in [0.4, 0.5) is 0 Å². The first-order valence-electron chi connectivity index (χ1n) is 1.89. The van der Waals surface area contributed by atoms with Crippen LogP contribution in [0.5, 0.6) is 0 Å². The molecule has 1 fully saturated rings. The van der Waals surface area contributed by atoms with Crippen molar-refractivity contribution in [1.82, 2.24) is 0 Å². The minimum atomic E-state index is 0. The molecule has 1 aliphatic rings. The molecule has 0 bridgehead atoms. The van der Waals surface area contributed by atoms with Crippen LogP contribution in [0.25, 0.3) is 0 Å². The molecule has 0 saturated heterocycles. The molecule has 0 nitrogen and oxygen atoms in total. The van der Waals surface area contributed by atoms with Crippen molar-refractivity contribution in [3.05, 3.63) is 0 Å². The third kappa shape index (κ3) is 4.47. The Morgan fingerprint density at radius 1 is 1.57 bits per heavy atom. The average Bonchev–Trinajstić information content (AvgIpc) is 2.12. The molecule has 0 unspecified atom stereocenters. The van der Waals surface area contributed by atoms with Gasteiger partial charge in [0, 0.05) is 5.92 Å². The van der Waals surface area contributed by atoms with Gasteiger partial charge < -0.3 is 2.85 Å². The van der Waals surface area contributed by atoms with Gasteiger partial charge in [-0.1, -0.05) is 0 Å². The van der Waals surface area contributed by atoms with Crippen molar-refractivity contribution < 1.29 is 2.85 Å². The maximum atomic E-state index is 4.98. The van der Waals surface area contributed by atoms with Gasteiger partial charge in [-0.25, -0.2) is 0 Å². The van der Waals surface area contributed by atoms with Gasteiger partial charge in [0.15, 0.2) is 0 Å². The molecule has 0 aromatic heterocycles. The van der Waals surface area contributed by atoms with Crippen molar-refractivity contribution in [1.29, 1.82) is 0 Å². The average molecular weight is 129 g/mol. The third-order valence-corrected chi connectivity index (χ3v) is 0.813. The Morgan fingerprint density at radius 2 is 2.00 bits per heavy atom. The molecule has 38 valence electrons. The van der Waals surface area contributed by atoms with Crippen LogP contribution in [-0.2, 0) is 0 Å². The summed E-state index contributed by atoms with van der Waals surface area (Å²) in [6.45, 7) is 0. The van der Waals surface area contributed by atoms with Gasteiger partial charge in [-0.3, -0.25) is 0 Å². The van der Waals surface area contributed by atoms with Crippen LogP contribution in [0, 0.1) is 18.3 Å². The number of terminal acetylenes is 1. The molecule has 0 aromatic rings. The Labute approximate surface area is 69.6 Å². The van der Waals surface area contributed by atoms with Crippen LogP contribution in [0.3, 0.4) is 0 Å². The van der Waals surface area contributed by atoms with Gasteiger partial charge in [0.25, 0.3) is 0 Å². The number of rotatable bonds is 0. The van der Waals surface area contributed by atoms with Crippen molar-refractivity contribution in [2.45, 2.75) is 12.8 Å². The number of halogens is 1. The zero-order chi connectivity index (χ0) is 3.70. The van der Waals surface area contributed by atoms with Crippen molar-refractivity contribution in [3.63, 3.8) is 0 Å². The van der Waals surface area contributed by atoms with Crippen LogP contribution in [-0.4, -0.2) is 23.1 Å². The Bertz CT molecular complexity index is 77.5. The van der Waals surface area contributed by atoms with E-state index >= 15 is 0 Å². The molecular formula is C5H9ClMg. The standard InChI is InChI=1S/C5H6.ClH.Mg.2H/c1-2-5-3-4-5;;;;/h1,5H,3-4H2;1H;;;/q;;+2;2*-1. The fourth-order valence-corrected chi connectivity index (χ4v) is 0.250. The Morgan fingerprint density at radius 3 is 2.00 bits per heavy atom. The molecule has 0 aliphatic heterocycles. The van der Waals surface area contributed by atoms with Crippen molar-refractivity contribution in [2.75, 3.05) is 0 Å². The molecule has 1 rings (SSSR count). The van der Waals surface area contributed by atoms with Crippen LogP contribution in [0.2, 0.25) is 0 Å². The third-order valence-electron chi connectivity index (χ3n) is 0.813. The van der Waals surface area contributed by atoms with Crippen molar-refractivity contribution in [2.24, 2.45) is 5.92 Å². The van der Waals surface area contributed by atoms with Gasteiger partial charge in [-0.15, -0.1) is 24.8 Å². The Hall–Kier alpha value is 0.616. The molecule has 0 spiro atoms. The normalized spacial score (nSPS) is 15.3. The maximum Gasteiger partial charge on any atom is 2.00 e. The summed E-state index contributed by atoms with van der Waals surface area (Å²) in [6.07, 6.45) is 7.53. The van der Waals surface area contributed by atoms with Gasteiger partial charge in [0.1, 0.15) is 0 Å². The van der Waals surface area contributed by atoms with E-state index < -0.39 is 0 Å². The summed E-state index contributed by atoms with van der Waals surface area (Å²) in [5.74, 6) is 3.30. The van der Waals surface area contributed by atoms with E-state index in [0.29, 0.717) is 5.92 Å². The van der Waals surface area contributed by atoms with Crippen LogP contribution >= 0.6 is 12.4 Å². The summed E-state index contributed by atoms with van der Waals surface area (Å²) in [7, 11) is 0. The summed E-state index contributed by atoms with van der Waals surface area (Å²) in [6, 6.07) is 0. The first kappa shape index (κ1) is 10.6. The van der Waals surface area contributed by atoms with Gasteiger partial charge >= 0.3 is 23.1 Å². The van der Waals surface area contributed by atoms with Crippen molar-refractivity contribution >= 4 is 35.5 Å². The second kappa shape index (κ2) is 4.77. The number of hydrogen-bond acceptors (Lipinski definition) is 0. The number of hydrogen-bond donors (Lipinski definition) is 0. The SMILES string of the molecule is C#CC1CC1.Cl.[H-].[H-].[Mg+2]. The second-order valence-corrected chi connectivity index (χ2v) is 1.44. The van der Waals surface area contributed by atoms with Crippen LogP contribution in [0.1, 0.15) is 15.7 Å². The van der Waals surface area contributed by atoms with E-state index in [1.807, 2.05) is 0 Å². The van der Waals surface area contributed by atoms with E-state index in [1.165, 1.54) is 12.8 Å². The molecule has 1 aliphatic carbocycles. The fraction of sp³-hybridized carbons (Fsp3) is 0.600. The van der Waals surface area contributed by atoms with Gasteiger partial charge in [0.2, 0.25) is 0 Å². The minimum absolute atomic E-state index is 0. The summed E-state index contributed by atoms with van der Waals surface area (Å²) in [4.78, 5) is 0. The summed E-state index contributed by atoms with van der Waals surface area (Å²) in [5, 5.41) is 0. The van der Waals surface area contributed by atoms with Gasteiger partial charge in [0.05, 0.1) is 0 Å². The molecule has 0 N–H and O–H groups in total. The predicted octanol–water partition coefficient (Wildman–Crippen LogP) is 1.30. The molecule has 0 amide bonds. The summed E-state index contributed by atoms with van der Waals surface area (Å²) < 4.78 is 0.